The van der Waals surface area contributed by atoms with Gasteiger partial charge >= 0.3 is 0 Å². The minimum Gasteiger partial charge on any atom is -0.323 e. The van der Waals surface area contributed by atoms with Gasteiger partial charge in [-0.15, -0.1) is 5.10 Å². The highest BCUT2D eigenvalue weighted by atomic mass is 15.4. The maximum atomic E-state index is 6.02. The molecule has 2 rings (SSSR count). The molecule has 0 spiro atoms. The van der Waals surface area contributed by atoms with Gasteiger partial charge in [0.15, 0.2) is 0 Å². The predicted octanol–water partition coefficient (Wildman–Crippen LogP) is 1.56. The van der Waals surface area contributed by atoms with Crippen LogP contribution < -0.4 is 5.73 Å². The standard InChI is InChI=1S/C13H25N5/c1-2-6-12(14)13-11-18(16-15-13)10-5-9-17-7-3-4-8-17/h11-12H,2-10,14H2,1H3. The first-order valence-electron chi connectivity index (χ1n) is 7.17. The molecule has 1 aromatic rings. The summed E-state index contributed by atoms with van der Waals surface area (Å²) < 4.78 is 1.93. The fourth-order valence-electron chi connectivity index (χ4n) is 2.51. The molecule has 1 fully saturated rings. The summed E-state index contributed by atoms with van der Waals surface area (Å²) in [6.07, 6.45) is 7.93. The van der Waals surface area contributed by atoms with Gasteiger partial charge in [0, 0.05) is 6.54 Å². The molecule has 0 aliphatic carbocycles. The van der Waals surface area contributed by atoms with Crippen LogP contribution in [0.25, 0.3) is 0 Å². The minimum absolute atomic E-state index is 0.0438. The summed E-state index contributed by atoms with van der Waals surface area (Å²) in [5.41, 5.74) is 6.95. The monoisotopic (exact) mass is 251 g/mol. The lowest BCUT2D eigenvalue weighted by Gasteiger charge is -2.13. The van der Waals surface area contributed by atoms with Crippen molar-refractivity contribution in [1.29, 1.82) is 0 Å². The molecule has 0 amide bonds. The smallest absolute Gasteiger partial charge is 0.0994 e. The van der Waals surface area contributed by atoms with Gasteiger partial charge in [0.2, 0.25) is 0 Å². The maximum Gasteiger partial charge on any atom is 0.0994 e. The summed E-state index contributed by atoms with van der Waals surface area (Å²) in [5.74, 6) is 0. The Balaban J connectivity index is 1.72. The minimum atomic E-state index is 0.0438. The molecule has 0 radical (unpaired) electrons. The van der Waals surface area contributed by atoms with Gasteiger partial charge < -0.3 is 10.6 Å². The number of likely N-dealkylation sites (tertiary alicyclic amines) is 1. The van der Waals surface area contributed by atoms with Gasteiger partial charge in [0.1, 0.15) is 0 Å². The quantitative estimate of drug-likeness (QED) is 0.799. The number of nitrogens with two attached hydrogens (primary N) is 1. The first-order chi connectivity index (χ1) is 8.79. The Morgan fingerprint density at radius 2 is 2.11 bits per heavy atom. The van der Waals surface area contributed by atoms with Crippen LogP contribution in [-0.4, -0.2) is 39.5 Å². The van der Waals surface area contributed by atoms with Crippen molar-refractivity contribution in [2.75, 3.05) is 19.6 Å². The normalized spacial score (nSPS) is 18.3. The first kappa shape index (κ1) is 13.5. The van der Waals surface area contributed by atoms with Crippen LogP contribution in [0.5, 0.6) is 0 Å². The molecule has 1 saturated heterocycles. The summed E-state index contributed by atoms with van der Waals surface area (Å²) in [5, 5.41) is 8.31. The lowest BCUT2D eigenvalue weighted by atomic mass is 10.1. The van der Waals surface area contributed by atoms with Crippen LogP contribution in [0.4, 0.5) is 0 Å². The SMILES string of the molecule is CCCC(N)c1cn(CCCN2CCCC2)nn1. The average molecular weight is 251 g/mol. The van der Waals surface area contributed by atoms with Crippen molar-refractivity contribution in [3.05, 3.63) is 11.9 Å². The Morgan fingerprint density at radius 3 is 2.83 bits per heavy atom. The van der Waals surface area contributed by atoms with Gasteiger partial charge in [-0.3, -0.25) is 4.68 Å². The maximum absolute atomic E-state index is 6.02. The second-order valence-electron chi connectivity index (χ2n) is 5.20. The topological polar surface area (TPSA) is 60.0 Å². The van der Waals surface area contributed by atoms with Gasteiger partial charge in [-0.25, -0.2) is 0 Å². The molecule has 2 heterocycles. The Hall–Kier alpha value is -0.940. The summed E-state index contributed by atoms with van der Waals surface area (Å²) in [6, 6.07) is 0.0438. The molecular weight excluding hydrogens is 226 g/mol. The zero-order chi connectivity index (χ0) is 12.8. The summed E-state index contributed by atoms with van der Waals surface area (Å²) in [4.78, 5) is 2.53. The van der Waals surface area contributed by atoms with Crippen LogP contribution in [0.2, 0.25) is 0 Å². The van der Waals surface area contributed by atoms with Gasteiger partial charge in [0.25, 0.3) is 0 Å². The molecule has 5 heteroatoms. The van der Waals surface area contributed by atoms with Crippen molar-refractivity contribution in [3.63, 3.8) is 0 Å². The first-order valence-corrected chi connectivity index (χ1v) is 7.17. The molecular formula is C13H25N5. The molecule has 1 atom stereocenters. The summed E-state index contributed by atoms with van der Waals surface area (Å²) in [7, 11) is 0. The van der Waals surface area contributed by atoms with Gasteiger partial charge in [0.05, 0.1) is 17.9 Å². The van der Waals surface area contributed by atoms with E-state index in [0.717, 1.165) is 31.5 Å². The molecule has 18 heavy (non-hydrogen) atoms. The number of hydrogen-bond donors (Lipinski definition) is 1. The number of rotatable bonds is 7. The van der Waals surface area contributed by atoms with Crippen LogP contribution in [-0.2, 0) is 6.54 Å². The molecule has 1 aliphatic heterocycles. The van der Waals surface area contributed by atoms with E-state index < -0.39 is 0 Å². The van der Waals surface area contributed by atoms with Gasteiger partial charge in [-0.05, 0) is 45.3 Å². The van der Waals surface area contributed by atoms with Crippen LogP contribution in [0, 0.1) is 0 Å². The molecule has 2 N–H and O–H groups in total. The Morgan fingerprint density at radius 1 is 1.33 bits per heavy atom. The van der Waals surface area contributed by atoms with E-state index in [9.17, 15) is 0 Å². The van der Waals surface area contributed by atoms with Gasteiger partial charge in [-0.2, -0.15) is 0 Å². The van der Waals surface area contributed by atoms with Crippen LogP contribution in [0.1, 0.15) is 50.8 Å². The van der Waals surface area contributed by atoms with Crippen molar-refractivity contribution in [2.24, 2.45) is 5.73 Å². The molecule has 0 bridgehead atoms. The lowest BCUT2D eigenvalue weighted by molar-refractivity contribution is 0.321. The van der Waals surface area contributed by atoms with Crippen molar-refractivity contribution in [3.8, 4) is 0 Å². The van der Waals surface area contributed by atoms with Crippen molar-refractivity contribution in [2.45, 2.75) is 51.6 Å². The van der Waals surface area contributed by atoms with Crippen LogP contribution >= 0.6 is 0 Å². The zero-order valence-electron chi connectivity index (χ0n) is 11.4. The second kappa shape index (κ2) is 6.85. The third-order valence-corrected chi connectivity index (χ3v) is 3.60. The van der Waals surface area contributed by atoms with Crippen molar-refractivity contribution in [1.82, 2.24) is 19.9 Å². The van der Waals surface area contributed by atoms with Crippen LogP contribution in [0.15, 0.2) is 6.20 Å². The van der Waals surface area contributed by atoms with E-state index >= 15 is 0 Å². The average Bonchev–Trinajstić information content (AvgIpc) is 3.00. The fraction of sp³-hybridized carbons (Fsp3) is 0.846. The van der Waals surface area contributed by atoms with Crippen molar-refractivity contribution >= 4 is 0 Å². The molecule has 1 unspecified atom stereocenters. The molecule has 0 saturated carbocycles. The highest BCUT2D eigenvalue weighted by Gasteiger charge is 2.12. The second-order valence-corrected chi connectivity index (χ2v) is 5.20. The van der Waals surface area contributed by atoms with E-state index in [2.05, 4.69) is 22.1 Å². The Bertz CT molecular complexity index is 343. The zero-order valence-corrected chi connectivity index (χ0v) is 11.4. The number of aryl methyl sites for hydroxylation is 1. The Kier molecular flexibility index (Phi) is 5.13. The summed E-state index contributed by atoms with van der Waals surface area (Å²) >= 11 is 0. The molecule has 0 aromatic carbocycles. The molecule has 1 aliphatic rings. The predicted molar refractivity (Wildman–Crippen MR) is 72.1 cm³/mol. The number of nitrogens with zero attached hydrogens (tertiary/aromatic N) is 4. The highest BCUT2D eigenvalue weighted by Crippen LogP contribution is 2.12. The van der Waals surface area contributed by atoms with Crippen LogP contribution in [0.3, 0.4) is 0 Å². The van der Waals surface area contributed by atoms with E-state index in [4.69, 9.17) is 5.73 Å². The van der Waals surface area contributed by atoms with E-state index in [-0.39, 0.29) is 6.04 Å². The largest absolute Gasteiger partial charge is 0.323 e. The van der Waals surface area contributed by atoms with E-state index in [1.807, 2.05) is 10.9 Å². The third-order valence-electron chi connectivity index (χ3n) is 3.60. The molecule has 1 aromatic heterocycles. The summed E-state index contributed by atoms with van der Waals surface area (Å²) in [6.45, 7) is 6.80. The van der Waals surface area contributed by atoms with Gasteiger partial charge in [-0.1, -0.05) is 18.6 Å². The third kappa shape index (κ3) is 3.78. The van der Waals surface area contributed by atoms with Crippen molar-refractivity contribution < 1.29 is 0 Å². The van der Waals surface area contributed by atoms with E-state index in [1.54, 1.807) is 0 Å². The highest BCUT2D eigenvalue weighted by molar-refractivity contribution is 4.99. The van der Waals surface area contributed by atoms with E-state index in [1.165, 1.54) is 32.5 Å². The Labute approximate surface area is 109 Å². The molecule has 5 nitrogen and oxygen atoms in total. The van der Waals surface area contributed by atoms with E-state index in [0.29, 0.717) is 0 Å². The number of aromatic nitrogens is 3. The fourth-order valence-corrected chi connectivity index (χ4v) is 2.51. The molecule has 102 valence electrons. The lowest BCUT2D eigenvalue weighted by Crippen LogP contribution is -2.21. The number of hydrogen-bond acceptors (Lipinski definition) is 4.